The lowest BCUT2D eigenvalue weighted by molar-refractivity contribution is 0.620. The lowest BCUT2D eigenvalue weighted by atomic mass is 10.1. The highest BCUT2D eigenvalue weighted by atomic mass is 19.1. The number of rotatable bonds is 6. The van der Waals surface area contributed by atoms with E-state index in [4.69, 9.17) is 0 Å². The molecule has 0 unspecified atom stereocenters. The smallest absolute Gasteiger partial charge is 0.146 e. The second-order valence-electron chi connectivity index (χ2n) is 4.91. The molecule has 0 atom stereocenters. The molecule has 20 heavy (non-hydrogen) atoms. The van der Waals surface area contributed by atoms with Crippen LogP contribution in [0.5, 0.6) is 0 Å². The summed E-state index contributed by atoms with van der Waals surface area (Å²) in [7, 11) is 1.92. The first-order valence-corrected chi connectivity index (χ1v) is 6.95. The van der Waals surface area contributed by atoms with Crippen LogP contribution >= 0.6 is 0 Å². The Hall–Kier alpha value is -1.87. The first-order chi connectivity index (χ1) is 9.70. The van der Waals surface area contributed by atoms with Crippen molar-refractivity contribution in [1.29, 1.82) is 0 Å². The van der Waals surface area contributed by atoms with Crippen LogP contribution in [0.4, 0.5) is 10.1 Å². The van der Waals surface area contributed by atoms with Gasteiger partial charge in [-0.1, -0.05) is 43.3 Å². The molecular weight excluding hydrogens is 251 g/mol. The summed E-state index contributed by atoms with van der Waals surface area (Å²) >= 11 is 0. The molecule has 106 valence electrons. The van der Waals surface area contributed by atoms with Gasteiger partial charge in [0.2, 0.25) is 0 Å². The van der Waals surface area contributed by atoms with Gasteiger partial charge in [-0.15, -0.1) is 0 Å². The molecule has 2 aromatic carbocycles. The van der Waals surface area contributed by atoms with Gasteiger partial charge in [-0.25, -0.2) is 4.39 Å². The molecule has 2 rings (SSSR count). The minimum Gasteiger partial charge on any atom is -0.368 e. The lowest BCUT2D eigenvalue weighted by Gasteiger charge is -2.21. The number of anilines is 1. The third-order valence-electron chi connectivity index (χ3n) is 3.26. The summed E-state index contributed by atoms with van der Waals surface area (Å²) in [6.45, 7) is 4.43. The van der Waals surface area contributed by atoms with Crippen LogP contribution in [-0.2, 0) is 13.1 Å². The van der Waals surface area contributed by atoms with Crippen LogP contribution in [0.2, 0.25) is 0 Å². The summed E-state index contributed by atoms with van der Waals surface area (Å²) in [6.07, 6.45) is 0. The Bertz CT molecular complexity index is 540. The van der Waals surface area contributed by atoms with E-state index in [0.29, 0.717) is 12.2 Å². The first-order valence-electron chi connectivity index (χ1n) is 6.95. The average Bonchev–Trinajstić information content (AvgIpc) is 2.47. The summed E-state index contributed by atoms with van der Waals surface area (Å²) in [5, 5.41) is 3.26. The molecule has 0 heterocycles. The van der Waals surface area contributed by atoms with E-state index in [1.165, 1.54) is 5.56 Å². The van der Waals surface area contributed by atoms with Crippen molar-refractivity contribution in [2.24, 2.45) is 0 Å². The van der Waals surface area contributed by atoms with Crippen molar-refractivity contribution < 1.29 is 4.39 Å². The van der Waals surface area contributed by atoms with Gasteiger partial charge in [0.15, 0.2) is 0 Å². The molecule has 0 radical (unpaired) electrons. The van der Waals surface area contributed by atoms with Crippen molar-refractivity contribution >= 4 is 5.69 Å². The number of hydrogen-bond donors (Lipinski definition) is 1. The fraction of sp³-hybridized carbons (Fsp3) is 0.294. The highest BCUT2D eigenvalue weighted by molar-refractivity contribution is 5.50. The van der Waals surface area contributed by atoms with Crippen LogP contribution in [0.3, 0.4) is 0 Å². The minimum atomic E-state index is -0.177. The molecular formula is C17H21FN2. The molecule has 0 saturated heterocycles. The number of nitrogens with zero attached hydrogens (tertiary/aromatic N) is 1. The number of nitrogens with one attached hydrogen (secondary N) is 1. The minimum absolute atomic E-state index is 0.177. The molecule has 0 aliphatic heterocycles. The molecule has 0 saturated carbocycles. The highest BCUT2D eigenvalue weighted by Crippen LogP contribution is 2.21. The first kappa shape index (κ1) is 14.5. The Balaban J connectivity index is 2.13. The van der Waals surface area contributed by atoms with E-state index in [-0.39, 0.29) is 5.82 Å². The van der Waals surface area contributed by atoms with Crippen LogP contribution in [-0.4, -0.2) is 13.6 Å². The van der Waals surface area contributed by atoms with Crippen molar-refractivity contribution in [3.63, 3.8) is 0 Å². The van der Waals surface area contributed by atoms with Crippen molar-refractivity contribution in [3.05, 3.63) is 65.5 Å². The van der Waals surface area contributed by atoms with Crippen LogP contribution in [0.1, 0.15) is 18.1 Å². The molecule has 2 nitrogen and oxygen atoms in total. The Morgan fingerprint density at radius 3 is 2.50 bits per heavy atom. The zero-order valence-electron chi connectivity index (χ0n) is 12.1. The molecule has 0 fully saturated rings. The van der Waals surface area contributed by atoms with Gasteiger partial charge in [0.1, 0.15) is 5.82 Å². The van der Waals surface area contributed by atoms with Gasteiger partial charge in [-0.2, -0.15) is 0 Å². The molecule has 0 aromatic heterocycles. The van der Waals surface area contributed by atoms with E-state index < -0.39 is 0 Å². The van der Waals surface area contributed by atoms with Crippen LogP contribution in [0, 0.1) is 5.82 Å². The van der Waals surface area contributed by atoms with Crippen LogP contribution in [0.25, 0.3) is 0 Å². The Labute approximate surface area is 120 Å². The molecule has 0 spiro atoms. The van der Waals surface area contributed by atoms with Gasteiger partial charge >= 0.3 is 0 Å². The van der Waals surface area contributed by atoms with Gasteiger partial charge in [0, 0.05) is 20.1 Å². The zero-order chi connectivity index (χ0) is 14.4. The summed E-state index contributed by atoms with van der Waals surface area (Å²) in [6, 6.07) is 15.4. The fourth-order valence-corrected chi connectivity index (χ4v) is 2.17. The van der Waals surface area contributed by atoms with Gasteiger partial charge in [0.05, 0.1) is 5.69 Å². The van der Waals surface area contributed by atoms with E-state index in [2.05, 4.69) is 24.4 Å². The van der Waals surface area contributed by atoms with Gasteiger partial charge in [-0.05, 0) is 29.8 Å². The Morgan fingerprint density at radius 2 is 1.80 bits per heavy atom. The van der Waals surface area contributed by atoms with Crippen LogP contribution in [0.15, 0.2) is 48.5 Å². The van der Waals surface area contributed by atoms with E-state index in [1.807, 2.05) is 42.3 Å². The zero-order valence-corrected chi connectivity index (χ0v) is 12.1. The second-order valence-corrected chi connectivity index (χ2v) is 4.91. The standard InChI is InChI=1S/C17H21FN2/c1-3-19-12-15-9-10-16(18)17(11-15)20(2)13-14-7-5-4-6-8-14/h4-11,19H,3,12-13H2,1-2H3. The molecule has 0 amide bonds. The summed E-state index contributed by atoms with van der Waals surface area (Å²) in [5.74, 6) is -0.177. The van der Waals surface area contributed by atoms with E-state index in [0.717, 1.165) is 18.7 Å². The van der Waals surface area contributed by atoms with Crippen molar-refractivity contribution in [3.8, 4) is 0 Å². The molecule has 0 aliphatic rings. The normalized spacial score (nSPS) is 10.6. The molecule has 0 aliphatic carbocycles. The van der Waals surface area contributed by atoms with E-state index in [1.54, 1.807) is 6.07 Å². The van der Waals surface area contributed by atoms with E-state index >= 15 is 0 Å². The highest BCUT2D eigenvalue weighted by Gasteiger charge is 2.09. The maximum absolute atomic E-state index is 14.0. The predicted molar refractivity (Wildman–Crippen MR) is 82.3 cm³/mol. The van der Waals surface area contributed by atoms with Crippen molar-refractivity contribution in [2.75, 3.05) is 18.5 Å². The van der Waals surface area contributed by atoms with Gasteiger partial charge < -0.3 is 10.2 Å². The maximum atomic E-state index is 14.0. The maximum Gasteiger partial charge on any atom is 0.146 e. The third kappa shape index (κ3) is 3.81. The predicted octanol–water partition coefficient (Wildman–Crippen LogP) is 3.57. The molecule has 1 N–H and O–H groups in total. The van der Waals surface area contributed by atoms with Crippen molar-refractivity contribution in [1.82, 2.24) is 5.32 Å². The molecule has 0 bridgehead atoms. The molecule has 3 heteroatoms. The van der Waals surface area contributed by atoms with Crippen LogP contribution < -0.4 is 10.2 Å². The summed E-state index contributed by atoms with van der Waals surface area (Å²) in [5.41, 5.74) is 2.92. The lowest BCUT2D eigenvalue weighted by Crippen LogP contribution is -2.18. The summed E-state index contributed by atoms with van der Waals surface area (Å²) in [4.78, 5) is 1.94. The Kier molecular flexibility index (Phi) is 5.13. The second kappa shape index (κ2) is 7.06. The Morgan fingerprint density at radius 1 is 1.05 bits per heavy atom. The SMILES string of the molecule is CCNCc1ccc(F)c(N(C)Cc2ccccc2)c1. The fourth-order valence-electron chi connectivity index (χ4n) is 2.17. The molecule has 2 aromatic rings. The van der Waals surface area contributed by atoms with Gasteiger partial charge in [0.25, 0.3) is 0 Å². The average molecular weight is 272 g/mol. The number of benzene rings is 2. The third-order valence-corrected chi connectivity index (χ3v) is 3.26. The quantitative estimate of drug-likeness (QED) is 0.865. The van der Waals surface area contributed by atoms with E-state index in [9.17, 15) is 4.39 Å². The summed E-state index contributed by atoms with van der Waals surface area (Å²) < 4.78 is 14.0. The largest absolute Gasteiger partial charge is 0.368 e. The van der Waals surface area contributed by atoms with Crippen molar-refractivity contribution in [2.45, 2.75) is 20.0 Å². The monoisotopic (exact) mass is 272 g/mol. The topological polar surface area (TPSA) is 15.3 Å². The number of halogens is 1. The van der Waals surface area contributed by atoms with Gasteiger partial charge in [-0.3, -0.25) is 0 Å². The number of hydrogen-bond acceptors (Lipinski definition) is 2.